The number of H-pyrrole nitrogens is 1. The van der Waals surface area contributed by atoms with E-state index in [-0.39, 0.29) is 5.69 Å². The number of aromatic amines is 1. The predicted molar refractivity (Wildman–Crippen MR) is 43.3 cm³/mol. The molecule has 0 fully saturated rings. The Morgan fingerprint density at radius 3 is 2.50 bits per heavy atom. The van der Waals surface area contributed by atoms with E-state index < -0.39 is 29.2 Å². The molecule has 5 nitrogen and oxygen atoms in total. The van der Waals surface area contributed by atoms with Crippen LogP contribution in [0.15, 0.2) is 4.79 Å². The summed E-state index contributed by atoms with van der Waals surface area (Å²) in [7, 11) is 0. The van der Waals surface area contributed by atoms with E-state index in [1.54, 1.807) is 5.10 Å². The van der Waals surface area contributed by atoms with Crippen molar-refractivity contribution in [2.75, 3.05) is 0 Å². The topological polar surface area (TPSA) is 63.1 Å². The van der Waals surface area contributed by atoms with Gasteiger partial charge in [-0.1, -0.05) is 0 Å². The van der Waals surface area contributed by atoms with Crippen molar-refractivity contribution in [1.29, 1.82) is 0 Å². The number of aryl methyl sites for hydroxylation is 1. The third-order valence-corrected chi connectivity index (χ3v) is 1.87. The minimum absolute atomic E-state index is 0.301. The monoisotopic (exact) mass is 236 g/mol. The second-order valence-electron chi connectivity index (χ2n) is 3.02. The fourth-order valence-electron chi connectivity index (χ4n) is 1.13. The summed E-state index contributed by atoms with van der Waals surface area (Å²) in [6.07, 6.45) is -4.75. The highest BCUT2D eigenvalue weighted by Crippen LogP contribution is 2.25. The molecule has 86 valence electrons. The van der Waals surface area contributed by atoms with Gasteiger partial charge in [-0.25, -0.2) is 4.98 Å². The van der Waals surface area contributed by atoms with Crippen LogP contribution in [0.2, 0.25) is 0 Å². The maximum atomic E-state index is 13.0. The van der Waals surface area contributed by atoms with Gasteiger partial charge < -0.3 is 0 Å². The summed E-state index contributed by atoms with van der Waals surface area (Å²) < 4.78 is 50.0. The summed E-state index contributed by atoms with van der Waals surface area (Å²) in [6.45, 7) is 1.17. The van der Waals surface area contributed by atoms with Crippen LogP contribution in [0.1, 0.15) is 11.5 Å². The van der Waals surface area contributed by atoms with E-state index in [4.69, 9.17) is 0 Å². The Morgan fingerprint density at radius 2 is 1.94 bits per heavy atom. The first-order valence-electron chi connectivity index (χ1n) is 4.03. The third-order valence-electron chi connectivity index (χ3n) is 1.87. The molecule has 0 aliphatic heterocycles. The first kappa shape index (κ1) is 10.6. The molecule has 2 aromatic rings. The first-order valence-corrected chi connectivity index (χ1v) is 4.03. The van der Waals surface area contributed by atoms with Gasteiger partial charge in [0.15, 0.2) is 0 Å². The third kappa shape index (κ3) is 1.44. The zero-order valence-corrected chi connectivity index (χ0v) is 7.76. The normalized spacial score (nSPS) is 12.3. The van der Waals surface area contributed by atoms with Crippen molar-refractivity contribution < 1.29 is 17.6 Å². The summed E-state index contributed by atoms with van der Waals surface area (Å²) in [6, 6.07) is 0. The van der Waals surface area contributed by atoms with Crippen LogP contribution in [0.25, 0.3) is 5.78 Å². The number of hydrogen-bond acceptors (Lipinski definition) is 3. The van der Waals surface area contributed by atoms with Gasteiger partial charge >= 0.3 is 11.7 Å². The number of nitrogens with zero attached hydrogens (tertiary/aromatic N) is 3. The number of aromatic nitrogens is 4. The van der Waals surface area contributed by atoms with E-state index in [9.17, 15) is 22.4 Å². The van der Waals surface area contributed by atoms with Gasteiger partial charge in [0, 0.05) is 0 Å². The van der Waals surface area contributed by atoms with Crippen LogP contribution in [0, 0.1) is 12.7 Å². The molecule has 0 aliphatic rings. The average Bonchev–Trinajstić information content (AvgIpc) is 2.57. The summed E-state index contributed by atoms with van der Waals surface area (Å²) in [5.41, 5.74) is -1.55. The van der Waals surface area contributed by atoms with Crippen molar-refractivity contribution in [2.24, 2.45) is 0 Å². The zero-order chi connectivity index (χ0) is 12.1. The van der Waals surface area contributed by atoms with Crippen LogP contribution in [0.4, 0.5) is 17.6 Å². The van der Waals surface area contributed by atoms with Crippen molar-refractivity contribution >= 4 is 5.78 Å². The smallest absolute Gasteiger partial charge is 0.267 e. The fraction of sp³-hybridized carbons (Fsp3) is 0.286. The van der Waals surface area contributed by atoms with Gasteiger partial charge in [-0.2, -0.15) is 27.1 Å². The molecule has 2 rings (SSSR count). The van der Waals surface area contributed by atoms with Crippen LogP contribution in [0.5, 0.6) is 0 Å². The van der Waals surface area contributed by atoms with Crippen LogP contribution in [-0.4, -0.2) is 19.6 Å². The molecular formula is C7H4F4N4O. The maximum Gasteiger partial charge on any atom is 0.451 e. The van der Waals surface area contributed by atoms with Gasteiger partial charge in [-0.05, 0) is 6.92 Å². The second kappa shape index (κ2) is 3.03. The molecule has 2 aromatic heterocycles. The fourth-order valence-corrected chi connectivity index (χ4v) is 1.13. The molecule has 0 radical (unpaired) electrons. The van der Waals surface area contributed by atoms with Gasteiger partial charge in [0.05, 0.1) is 5.69 Å². The van der Waals surface area contributed by atoms with E-state index in [0.717, 1.165) is 0 Å². The van der Waals surface area contributed by atoms with Crippen molar-refractivity contribution in [3.8, 4) is 0 Å². The molecule has 0 bridgehead atoms. The molecule has 1 N–H and O–H groups in total. The number of fused-ring (bicyclic) bond motifs is 1. The molecule has 2 heterocycles. The lowest BCUT2D eigenvalue weighted by Crippen LogP contribution is -2.21. The highest BCUT2D eigenvalue weighted by molar-refractivity contribution is 5.28. The van der Waals surface area contributed by atoms with Crippen LogP contribution in [0.3, 0.4) is 0 Å². The standard InChI is InChI=1S/C7H4F4N4O/c1-2-3(8)4(16)15-6(12-2)13-5(14-15)7(9,10)11/h1H3,(H,12,13,14). The van der Waals surface area contributed by atoms with Crippen molar-refractivity contribution in [3.05, 3.63) is 27.7 Å². The zero-order valence-electron chi connectivity index (χ0n) is 7.76. The van der Waals surface area contributed by atoms with Gasteiger partial charge in [0.2, 0.25) is 11.6 Å². The quantitative estimate of drug-likeness (QED) is 0.691. The molecule has 0 unspecified atom stereocenters. The lowest BCUT2D eigenvalue weighted by atomic mass is 10.4. The number of nitrogens with one attached hydrogen (secondary N) is 1. The van der Waals surface area contributed by atoms with Crippen molar-refractivity contribution in [1.82, 2.24) is 19.6 Å². The van der Waals surface area contributed by atoms with Crippen molar-refractivity contribution in [3.63, 3.8) is 0 Å². The summed E-state index contributed by atoms with van der Waals surface area (Å²) in [5, 5.41) is 1.64. The van der Waals surface area contributed by atoms with E-state index in [0.29, 0.717) is 4.52 Å². The Balaban J connectivity index is 2.82. The molecule has 9 heteroatoms. The van der Waals surface area contributed by atoms with E-state index in [2.05, 4.69) is 9.97 Å². The molecular weight excluding hydrogens is 232 g/mol. The number of halogens is 4. The Bertz CT molecular complexity index is 611. The number of rotatable bonds is 0. The number of alkyl halides is 3. The Labute approximate surface area is 84.7 Å². The predicted octanol–water partition coefficient (Wildman–Crippen LogP) is 0.884. The molecule has 0 amide bonds. The van der Waals surface area contributed by atoms with Gasteiger partial charge in [-0.15, -0.1) is 0 Å². The van der Waals surface area contributed by atoms with Gasteiger partial charge in [-0.3, -0.25) is 9.89 Å². The molecule has 0 saturated carbocycles. The van der Waals surface area contributed by atoms with Crippen LogP contribution in [-0.2, 0) is 6.18 Å². The van der Waals surface area contributed by atoms with Crippen molar-refractivity contribution in [2.45, 2.75) is 13.1 Å². The van der Waals surface area contributed by atoms with E-state index >= 15 is 0 Å². The lowest BCUT2D eigenvalue weighted by Gasteiger charge is -1.98. The second-order valence-corrected chi connectivity index (χ2v) is 3.02. The Hall–Kier alpha value is -1.93. The Morgan fingerprint density at radius 1 is 1.31 bits per heavy atom. The summed E-state index contributed by atoms with van der Waals surface area (Å²) in [4.78, 5) is 17.7. The average molecular weight is 236 g/mol. The Kier molecular flexibility index (Phi) is 2.00. The van der Waals surface area contributed by atoms with Crippen LogP contribution < -0.4 is 5.56 Å². The number of hydrogen-bond donors (Lipinski definition) is 1. The molecule has 0 saturated heterocycles. The molecule has 0 atom stereocenters. The largest absolute Gasteiger partial charge is 0.451 e. The minimum atomic E-state index is -4.75. The van der Waals surface area contributed by atoms with Gasteiger partial charge in [0.25, 0.3) is 5.78 Å². The highest BCUT2D eigenvalue weighted by Gasteiger charge is 2.35. The van der Waals surface area contributed by atoms with E-state index in [1.165, 1.54) is 6.92 Å². The molecule has 0 spiro atoms. The van der Waals surface area contributed by atoms with Gasteiger partial charge in [0.1, 0.15) is 0 Å². The lowest BCUT2D eigenvalue weighted by molar-refractivity contribution is -0.144. The summed E-state index contributed by atoms with van der Waals surface area (Å²) >= 11 is 0. The summed E-state index contributed by atoms with van der Waals surface area (Å²) in [5.74, 6) is -3.13. The molecule has 0 aromatic carbocycles. The van der Waals surface area contributed by atoms with Crippen LogP contribution >= 0.6 is 0 Å². The first-order chi connectivity index (χ1) is 7.30. The van der Waals surface area contributed by atoms with E-state index in [1.807, 2.05) is 0 Å². The maximum absolute atomic E-state index is 13.0. The SMILES string of the molecule is Cc1nc2nc(C(F)(F)F)[nH]n2c(=O)c1F. The molecule has 16 heavy (non-hydrogen) atoms. The minimum Gasteiger partial charge on any atom is -0.267 e. The molecule has 0 aliphatic carbocycles. The highest BCUT2D eigenvalue weighted by atomic mass is 19.4.